The summed E-state index contributed by atoms with van der Waals surface area (Å²) >= 11 is 0. The Bertz CT molecular complexity index is 416. The highest BCUT2D eigenvalue weighted by atomic mass is 15.4. The number of hydrogen-bond acceptors (Lipinski definition) is 3. The average Bonchev–Trinajstić information content (AvgIpc) is 2.66. The Morgan fingerprint density at radius 2 is 2.05 bits per heavy atom. The Balaban J connectivity index is 2.24. The summed E-state index contributed by atoms with van der Waals surface area (Å²) < 4.78 is 0. The molecule has 0 saturated heterocycles. The number of hydrogen-bond donors (Lipinski definition) is 1. The first-order valence-corrected chi connectivity index (χ1v) is 7.43. The Kier molecular flexibility index (Phi) is 4.70. The molecule has 3 nitrogen and oxygen atoms in total. The van der Waals surface area contributed by atoms with Crippen molar-refractivity contribution in [3.63, 3.8) is 0 Å². The molecule has 1 aliphatic rings. The van der Waals surface area contributed by atoms with Crippen molar-refractivity contribution >= 4 is 11.4 Å². The minimum absolute atomic E-state index is 0.519. The number of fused-ring (bicyclic) bond motifs is 1. The lowest BCUT2D eigenvalue weighted by atomic mass is 10.2. The minimum atomic E-state index is 0.519. The topological polar surface area (TPSA) is 18.5 Å². The third-order valence-electron chi connectivity index (χ3n) is 4.05. The maximum absolute atomic E-state index is 3.27. The van der Waals surface area contributed by atoms with Gasteiger partial charge in [-0.15, -0.1) is 0 Å². The lowest BCUT2D eigenvalue weighted by Gasteiger charge is -2.31. The summed E-state index contributed by atoms with van der Waals surface area (Å²) in [6.07, 6.45) is 4.31. The number of nitrogens with one attached hydrogen (secondary N) is 1. The van der Waals surface area contributed by atoms with E-state index in [4.69, 9.17) is 0 Å². The SMILES string of the molecule is CCCCC1N(C)c2cc(C)ccc2N1CCNC. The summed E-state index contributed by atoms with van der Waals surface area (Å²) in [5.74, 6) is 0. The average molecular weight is 261 g/mol. The molecule has 0 spiro atoms. The van der Waals surface area contributed by atoms with Crippen LogP contribution in [0, 0.1) is 6.92 Å². The Morgan fingerprint density at radius 3 is 2.74 bits per heavy atom. The molecule has 0 bridgehead atoms. The van der Waals surface area contributed by atoms with Crippen LogP contribution in [0.15, 0.2) is 18.2 Å². The fraction of sp³-hybridized carbons (Fsp3) is 0.625. The summed E-state index contributed by atoms with van der Waals surface area (Å²) in [4.78, 5) is 5.01. The van der Waals surface area contributed by atoms with Crippen molar-refractivity contribution in [3.05, 3.63) is 23.8 Å². The van der Waals surface area contributed by atoms with Gasteiger partial charge in [0.05, 0.1) is 11.4 Å². The zero-order valence-corrected chi connectivity index (χ0v) is 12.7. The second-order valence-corrected chi connectivity index (χ2v) is 5.52. The zero-order valence-electron chi connectivity index (χ0n) is 12.7. The molecule has 3 heteroatoms. The van der Waals surface area contributed by atoms with Crippen LogP contribution in [-0.4, -0.2) is 33.4 Å². The standard InChI is InChI=1S/C16H27N3/c1-5-6-7-16-18(4)15-12-13(2)8-9-14(15)19(16)11-10-17-3/h8-9,12,16-17H,5-7,10-11H2,1-4H3. The van der Waals surface area contributed by atoms with Crippen LogP contribution in [0.25, 0.3) is 0 Å². The van der Waals surface area contributed by atoms with Gasteiger partial charge in [-0.2, -0.15) is 0 Å². The van der Waals surface area contributed by atoms with Crippen LogP contribution < -0.4 is 15.1 Å². The minimum Gasteiger partial charge on any atom is -0.353 e. The molecule has 2 rings (SSSR count). The van der Waals surface area contributed by atoms with Crippen molar-refractivity contribution in [2.45, 2.75) is 39.3 Å². The van der Waals surface area contributed by atoms with Crippen molar-refractivity contribution in [1.82, 2.24) is 5.32 Å². The molecule has 0 saturated carbocycles. The highest BCUT2D eigenvalue weighted by Gasteiger charge is 2.32. The van der Waals surface area contributed by atoms with E-state index in [0.29, 0.717) is 6.17 Å². The number of nitrogens with zero attached hydrogens (tertiary/aromatic N) is 2. The summed E-state index contributed by atoms with van der Waals surface area (Å²) in [5, 5.41) is 3.27. The molecule has 106 valence electrons. The van der Waals surface area contributed by atoms with Crippen LogP contribution in [0.4, 0.5) is 11.4 Å². The second-order valence-electron chi connectivity index (χ2n) is 5.52. The third kappa shape index (κ3) is 2.86. The highest BCUT2D eigenvalue weighted by Crippen LogP contribution is 2.40. The van der Waals surface area contributed by atoms with E-state index in [1.165, 1.54) is 36.2 Å². The molecule has 1 heterocycles. The molecule has 1 aromatic rings. The molecule has 0 radical (unpaired) electrons. The molecular formula is C16H27N3. The van der Waals surface area contributed by atoms with Crippen molar-refractivity contribution in [2.75, 3.05) is 37.0 Å². The van der Waals surface area contributed by atoms with Gasteiger partial charge in [0.2, 0.25) is 0 Å². The van der Waals surface area contributed by atoms with Gasteiger partial charge in [-0.3, -0.25) is 0 Å². The number of aryl methyl sites for hydroxylation is 1. The molecule has 0 aromatic heterocycles. The van der Waals surface area contributed by atoms with Crippen LogP contribution in [0.5, 0.6) is 0 Å². The van der Waals surface area contributed by atoms with Gasteiger partial charge < -0.3 is 15.1 Å². The van der Waals surface area contributed by atoms with Crippen LogP contribution >= 0.6 is 0 Å². The second kappa shape index (κ2) is 6.29. The van der Waals surface area contributed by atoms with E-state index in [-0.39, 0.29) is 0 Å². The van der Waals surface area contributed by atoms with E-state index in [9.17, 15) is 0 Å². The predicted octanol–water partition coefficient (Wildman–Crippen LogP) is 2.99. The summed E-state index contributed by atoms with van der Waals surface area (Å²) in [5.41, 5.74) is 4.12. The Labute approximate surface area is 117 Å². The quantitative estimate of drug-likeness (QED) is 0.849. The lowest BCUT2D eigenvalue weighted by molar-refractivity contribution is 0.535. The number of unbranched alkanes of at least 4 members (excludes halogenated alkanes) is 1. The fourth-order valence-electron chi connectivity index (χ4n) is 2.93. The van der Waals surface area contributed by atoms with Gasteiger partial charge in [-0.1, -0.05) is 19.4 Å². The van der Waals surface area contributed by atoms with Gasteiger partial charge >= 0.3 is 0 Å². The first-order valence-electron chi connectivity index (χ1n) is 7.43. The zero-order chi connectivity index (χ0) is 13.8. The first-order chi connectivity index (χ1) is 9.19. The van der Waals surface area contributed by atoms with Crippen molar-refractivity contribution in [3.8, 4) is 0 Å². The van der Waals surface area contributed by atoms with E-state index in [2.05, 4.69) is 54.2 Å². The van der Waals surface area contributed by atoms with Crippen LogP contribution in [0.2, 0.25) is 0 Å². The monoisotopic (exact) mass is 261 g/mol. The summed E-state index contributed by atoms with van der Waals surface area (Å²) in [7, 11) is 4.26. The Hall–Kier alpha value is -1.22. The largest absolute Gasteiger partial charge is 0.353 e. The van der Waals surface area contributed by atoms with Gasteiger partial charge in [-0.05, 0) is 44.5 Å². The molecule has 0 amide bonds. The van der Waals surface area contributed by atoms with E-state index >= 15 is 0 Å². The lowest BCUT2D eigenvalue weighted by Crippen LogP contribution is -2.43. The van der Waals surface area contributed by atoms with Gasteiger partial charge in [0.25, 0.3) is 0 Å². The van der Waals surface area contributed by atoms with Crippen molar-refractivity contribution < 1.29 is 0 Å². The van der Waals surface area contributed by atoms with Crippen LogP contribution in [-0.2, 0) is 0 Å². The third-order valence-corrected chi connectivity index (χ3v) is 4.05. The van der Waals surface area contributed by atoms with E-state index < -0.39 is 0 Å². The number of benzene rings is 1. The van der Waals surface area contributed by atoms with Crippen LogP contribution in [0.1, 0.15) is 31.7 Å². The van der Waals surface area contributed by atoms with Gasteiger partial charge in [0.15, 0.2) is 0 Å². The number of likely N-dealkylation sites (N-methyl/N-ethyl adjacent to an activating group) is 1. The molecule has 1 aromatic carbocycles. The molecule has 1 unspecified atom stereocenters. The van der Waals surface area contributed by atoms with E-state index in [1.54, 1.807) is 0 Å². The van der Waals surface area contributed by atoms with Gasteiger partial charge in [-0.25, -0.2) is 0 Å². The maximum atomic E-state index is 3.27. The molecule has 0 fully saturated rings. The van der Waals surface area contributed by atoms with Gasteiger partial charge in [0, 0.05) is 20.1 Å². The molecule has 0 aliphatic carbocycles. The fourth-order valence-corrected chi connectivity index (χ4v) is 2.93. The predicted molar refractivity (Wildman–Crippen MR) is 84.2 cm³/mol. The molecule has 1 atom stereocenters. The highest BCUT2D eigenvalue weighted by molar-refractivity contribution is 5.78. The first kappa shape index (κ1) is 14.2. The molecule has 19 heavy (non-hydrogen) atoms. The van der Waals surface area contributed by atoms with Crippen LogP contribution in [0.3, 0.4) is 0 Å². The molecule has 1 aliphatic heterocycles. The Morgan fingerprint density at radius 1 is 1.26 bits per heavy atom. The summed E-state index contributed by atoms with van der Waals surface area (Å²) in [6.45, 7) is 6.55. The van der Waals surface area contributed by atoms with E-state index in [1.807, 2.05) is 7.05 Å². The normalized spacial score (nSPS) is 18.0. The molecular weight excluding hydrogens is 234 g/mol. The number of anilines is 2. The van der Waals surface area contributed by atoms with Gasteiger partial charge in [0.1, 0.15) is 6.17 Å². The molecule has 1 N–H and O–H groups in total. The number of rotatable bonds is 6. The maximum Gasteiger partial charge on any atom is 0.101 e. The van der Waals surface area contributed by atoms with Crippen molar-refractivity contribution in [2.24, 2.45) is 0 Å². The smallest absolute Gasteiger partial charge is 0.101 e. The summed E-state index contributed by atoms with van der Waals surface area (Å²) in [6, 6.07) is 6.82. The van der Waals surface area contributed by atoms with Crippen molar-refractivity contribution in [1.29, 1.82) is 0 Å². The van der Waals surface area contributed by atoms with E-state index in [0.717, 1.165) is 13.1 Å².